The Bertz CT molecular complexity index is 1180. The molecule has 0 N–H and O–H groups in total. The molecule has 5 nitrogen and oxygen atoms in total. The number of piperidine rings is 1. The lowest BCUT2D eigenvalue weighted by atomic mass is 9.75. The Labute approximate surface area is 222 Å². The Balaban J connectivity index is 1.46. The van der Waals surface area contributed by atoms with Crippen LogP contribution in [0.3, 0.4) is 0 Å². The monoisotopic (exact) mass is 524 g/mol. The molecule has 0 aromatic heterocycles. The maximum atomic E-state index is 13.3. The molecule has 4 rings (SSSR count). The number of likely N-dealkylation sites (tertiary alicyclic amines) is 1. The molecule has 36 heavy (non-hydrogen) atoms. The molecule has 7 heteroatoms. The number of nitrogens with zero attached hydrogens (tertiary/aromatic N) is 2. The van der Waals surface area contributed by atoms with Crippen LogP contribution in [0.25, 0.3) is 0 Å². The summed E-state index contributed by atoms with van der Waals surface area (Å²) >= 11 is 12.3. The van der Waals surface area contributed by atoms with Crippen LogP contribution in [-0.4, -0.2) is 48.4 Å². The summed E-state index contributed by atoms with van der Waals surface area (Å²) in [6.45, 7) is 1.99. The summed E-state index contributed by atoms with van der Waals surface area (Å²) in [5, 5.41) is 1.09. The molecule has 0 unspecified atom stereocenters. The van der Waals surface area contributed by atoms with Gasteiger partial charge < -0.3 is 14.5 Å². The van der Waals surface area contributed by atoms with E-state index >= 15 is 0 Å². The number of carbonyl (C=O) groups excluding carboxylic acids is 2. The van der Waals surface area contributed by atoms with Gasteiger partial charge in [-0.05, 0) is 54.8 Å². The predicted octanol–water partition coefficient (Wildman–Crippen LogP) is 6.34. The third kappa shape index (κ3) is 6.59. The molecule has 2 amide bonds. The van der Waals surface area contributed by atoms with E-state index in [-0.39, 0.29) is 17.2 Å². The van der Waals surface area contributed by atoms with E-state index < -0.39 is 0 Å². The molecule has 1 saturated heterocycles. The van der Waals surface area contributed by atoms with Gasteiger partial charge in [-0.2, -0.15) is 0 Å². The van der Waals surface area contributed by atoms with Crippen molar-refractivity contribution < 1.29 is 14.3 Å². The molecular formula is C29H30Cl2N2O3. The summed E-state index contributed by atoms with van der Waals surface area (Å²) in [6, 6.07) is 24.3. The van der Waals surface area contributed by atoms with Crippen LogP contribution >= 0.6 is 23.2 Å². The van der Waals surface area contributed by atoms with E-state index in [1.807, 2.05) is 66.5 Å². The third-order valence-electron chi connectivity index (χ3n) is 6.79. The van der Waals surface area contributed by atoms with Crippen molar-refractivity contribution in [3.05, 3.63) is 100 Å². The molecular weight excluding hydrogens is 495 g/mol. The Morgan fingerprint density at radius 2 is 1.56 bits per heavy atom. The standard InChI is InChI=1S/C29H30Cl2N2O3/c1-32(20-22-7-3-2-4-8-22)27(34)19-29(21-36-24-13-11-23(30)12-14-24)15-17-33(18-16-29)28(35)25-9-5-6-10-26(25)31/h2-14H,15-21H2,1H3. The van der Waals surface area contributed by atoms with Crippen LogP contribution in [0.5, 0.6) is 5.75 Å². The zero-order chi connectivity index (χ0) is 25.5. The fraction of sp³-hybridized carbons (Fsp3) is 0.310. The van der Waals surface area contributed by atoms with Gasteiger partial charge in [0.25, 0.3) is 5.91 Å². The van der Waals surface area contributed by atoms with Crippen LogP contribution in [0, 0.1) is 5.41 Å². The number of hydrogen-bond acceptors (Lipinski definition) is 3. The quantitative estimate of drug-likeness (QED) is 0.345. The second-order valence-electron chi connectivity index (χ2n) is 9.43. The zero-order valence-corrected chi connectivity index (χ0v) is 21.8. The summed E-state index contributed by atoms with van der Waals surface area (Å²) in [7, 11) is 1.83. The number of benzene rings is 3. The van der Waals surface area contributed by atoms with Crippen LogP contribution in [-0.2, 0) is 11.3 Å². The van der Waals surface area contributed by atoms with Gasteiger partial charge in [0, 0.05) is 43.5 Å². The van der Waals surface area contributed by atoms with Crippen molar-refractivity contribution in [2.45, 2.75) is 25.8 Å². The number of hydrogen-bond donors (Lipinski definition) is 0. The highest BCUT2D eigenvalue weighted by atomic mass is 35.5. The summed E-state index contributed by atoms with van der Waals surface area (Å²) < 4.78 is 6.15. The third-order valence-corrected chi connectivity index (χ3v) is 7.37. The van der Waals surface area contributed by atoms with Gasteiger partial charge in [0.1, 0.15) is 5.75 Å². The normalized spacial score (nSPS) is 14.8. The van der Waals surface area contributed by atoms with Crippen molar-refractivity contribution in [1.82, 2.24) is 9.80 Å². The van der Waals surface area contributed by atoms with E-state index in [2.05, 4.69) is 0 Å². The van der Waals surface area contributed by atoms with Crippen LogP contribution < -0.4 is 4.74 Å². The van der Waals surface area contributed by atoms with Gasteiger partial charge in [-0.3, -0.25) is 9.59 Å². The Hall–Kier alpha value is -3.02. The van der Waals surface area contributed by atoms with E-state index in [1.165, 1.54) is 0 Å². The number of rotatable bonds is 8. The van der Waals surface area contributed by atoms with Gasteiger partial charge >= 0.3 is 0 Å². The second-order valence-corrected chi connectivity index (χ2v) is 10.3. The number of carbonyl (C=O) groups is 2. The highest BCUT2D eigenvalue weighted by molar-refractivity contribution is 6.33. The van der Waals surface area contributed by atoms with Gasteiger partial charge in [-0.25, -0.2) is 0 Å². The molecule has 0 bridgehead atoms. The van der Waals surface area contributed by atoms with Crippen molar-refractivity contribution >= 4 is 35.0 Å². The molecule has 1 heterocycles. The molecule has 1 aliphatic heterocycles. The summed E-state index contributed by atoms with van der Waals surface area (Å²) in [4.78, 5) is 30.0. The minimum Gasteiger partial charge on any atom is -0.493 e. The topological polar surface area (TPSA) is 49.9 Å². The lowest BCUT2D eigenvalue weighted by molar-refractivity contribution is -0.134. The molecule has 188 valence electrons. The van der Waals surface area contributed by atoms with Crippen molar-refractivity contribution in [2.75, 3.05) is 26.7 Å². The molecule has 0 spiro atoms. The van der Waals surface area contributed by atoms with Crippen LogP contribution in [0.1, 0.15) is 35.2 Å². The maximum absolute atomic E-state index is 13.3. The minimum atomic E-state index is -0.390. The molecule has 1 fully saturated rings. The van der Waals surface area contributed by atoms with Crippen molar-refractivity contribution in [3.8, 4) is 5.75 Å². The molecule has 0 radical (unpaired) electrons. The van der Waals surface area contributed by atoms with E-state index in [1.54, 1.807) is 29.2 Å². The smallest absolute Gasteiger partial charge is 0.255 e. The predicted molar refractivity (Wildman–Crippen MR) is 144 cm³/mol. The van der Waals surface area contributed by atoms with Gasteiger partial charge in [0.05, 0.1) is 17.2 Å². The Morgan fingerprint density at radius 1 is 0.917 bits per heavy atom. The molecule has 1 aliphatic rings. The molecule has 0 atom stereocenters. The first-order valence-corrected chi connectivity index (χ1v) is 12.8. The first-order valence-electron chi connectivity index (χ1n) is 12.1. The second kappa shape index (κ2) is 11.8. The van der Waals surface area contributed by atoms with Crippen LogP contribution in [0.2, 0.25) is 10.0 Å². The molecule has 3 aromatic rings. The van der Waals surface area contributed by atoms with Crippen molar-refractivity contribution in [2.24, 2.45) is 5.41 Å². The first-order chi connectivity index (χ1) is 17.3. The van der Waals surface area contributed by atoms with Crippen molar-refractivity contribution in [3.63, 3.8) is 0 Å². The van der Waals surface area contributed by atoms with E-state index in [9.17, 15) is 9.59 Å². The van der Waals surface area contributed by atoms with Crippen LogP contribution in [0.15, 0.2) is 78.9 Å². The van der Waals surface area contributed by atoms with Gasteiger partial charge in [0.2, 0.25) is 5.91 Å². The summed E-state index contributed by atoms with van der Waals surface area (Å²) in [5.74, 6) is 0.684. The van der Waals surface area contributed by atoms with Gasteiger partial charge in [-0.15, -0.1) is 0 Å². The average Bonchev–Trinajstić information content (AvgIpc) is 2.89. The SMILES string of the molecule is CN(Cc1ccccc1)C(=O)CC1(COc2ccc(Cl)cc2)CCN(C(=O)c2ccccc2Cl)CC1. The van der Waals surface area contributed by atoms with E-state index in [0.29, 0.717) is 66.9 Å². The van der Waals surface area contributed by atoms with E-state index in [0.717, 1.165) is 5.56 Å². The summed E-state index contributed by atoms with van der Waals surface area (Å²) in [6.07, 6.45) is 1.65. The van der Waals surface area contributed by atoms with Crippen LogP contribution in [0.4, 0.5) is 0 Å². The number of ether oxygens (including phenoxy) is 1. The summed E-state index contributed by atoms with van der Waals surface area (Å²) in [5.41, 5.74) is 1.20. The largest absolute Gasteiger partial charge is 0.493 e. The lowest BCUT2D eigenvalue weighted by Crippen LogP contribution is -2.47. The molecule has 0 aliphatic carbocycles. The lowest BCUT2D eigenvalue weighted by Gasteiger charge is -2.42. The average molecular weight is 525 g/mol. The first kappa shape index (κ1) is 26.1. The Morgan fingerprint density at radius 3 is 2.22 bits per heavy atom. The molecule has 0 saturated carbocycles. The van der Waals surface area contributed by atoms with Crippen molar-refractivity contribution in [1.29, 1.82) is 0 Å². The molecule has 3 aromatic carbocycles. The van der Waals surface area contributed by atoms with Gasteiger partial charge in [0.15, 0.2) is 0 Å². The van der Waals surface area contributed by atoms with E-state index in [4.69, 9.17) is 27.9 Å². The minimum absolute atomic E-state index is 0.0597. The fourth-order valence-corrected chi connectivity index (χ4v) is 4.87. The Kier molecular flexibility index (Phi) is 8.55. The van der Waals surface area contributed by atoms with Gasteiger partial charge in [-0.1, -0.05) is 65.7 Å². The maximum Gasteiger partial charge on any atom is 0.255 e. The highest BCUT2D eigenvalue weighted by Gasteiger charge is 2.39. The fourth-order valence-electron chi connectivity index (χ4n) is 4.53. The number of halogens is 2. The number of amides is 2. The zero-order valence-electron chi connectivity index (χ0n) is 20.3. The highest BCUT2D eigenvalue weighted by Crippen LogP contribution is 2.37.